The maximum Gasteiger partial charge on any atom is 0.306 e. The number of nitrogens with two attached hydrogens (primary N) is 1. The van der Waals surface area contributed by atoms with Gasteiger partial charge >= 0.3 is 5.92 Å². The molecule has 0 aliphatic heterocycles. The Kier molecular flexibility index (Phi) is 4.85. The standard InChI is InChI=1S/C16H14F2N2O/c17-16(18,14-6-2-1-3-7-14)12-21-15-9-13(5-4-8-19)10-20-11-15/h1-3,6-7,9-11H,8,12,19H2. The van der Waals surface area contributed by atoms with Gasteiger partial charge in [-0.25, -0.2) is 0 Å². The highest BCUT2D eigenvalue weighted by Crippen LogP contribution is 2.28. The largest absolute Gasteiger partial charge is 0.485 e. The molecule has 0 radical (unpaired) electrons. The lowest BCUT2D eigenvalue weighted by Gasteiger charge is -2.17. The van der Waals surface area contributed by atoms with Gasteiger partial charge in [0.25, 0.3) is 0 Å². The van der Waals surface area contributed by atoms with Crippen molar-refractivity contribution in [3.8, 4) is 17.6 Å². The first kappa shape index (κ1) is 14.9. The molecule has 3 nitrogen and oxygen atoms in total. The molecule has 1 aromatic heterocycles. The van der Waals surface area contributed by atoms with E-state index >= 15 is 0 Å². The van der Waals surface area contributed by atoms with Gasteiger partial charge in [0.2, 0.25) is 0 Å². The molecule has 0 amide bonds. The summed E-state index contributed by atoms with van der Waals surface area (Å²) in [5.74, 6) is 2.61. The van der Waals surface area contributed by atoms with E-state index in [4.69, 9.17) is 10.5 Å². The number of nitrogens with zero attached hydrogens (tertiary/aromatic N) is 1. The number of benzene rings is 1. The Labute approximate surface area is 121 Å². The third-order valence-corrected chi connectivity index (χ3v) is 2.66. The molecule has 2 aromatic rings. The van der Waals surface area contributed by atoms with E-state index in [9.17, 15) is 8.78 Å². The van der Waals surface area contributed by atoms with E-state index in [1.54, 1.807) is 24.3 Å². The molecule has 0 spiro atoms. The van der Waals surface area contributed by atoms with Gasteiger partial charge in [-0.2, -0.15) is 8.78 Å². The van der Waals surface area contributed by atoms with Gasteiger partial charge in [0.15, 0.2) is 6.61 Å². The molecule has 1 aromatic carbocycles. The Balaban J connectivity index is 2.06. The van der Waals surface area contributed by atoms with Gasteiger partial charge in [0.1, 0.15) is 5.75 Å². The topological polar surface area (TPSA) is 48.1 Å². The second kappa shape index (κ2) is 6.82. The normalized spacial score (nSPS) is 10.6. The van der Waals surface area contributed by atoms with Crippen LogP contribution in [0.3, 0.4) is 0 Å². The van der Waals surface area contributed by atoms with Crippen LogP contribution in [0.5, 0.6) is 5.75 Å². The Bertz CT molecular complexity index is 648. The van der Waals surface area contributed by atoms with Crippen LogP contribution < -0.4 is 10.5 Å². The van der Waals surface area contributed by atoms with Gasteiger partial charge in [-0.05, 0) is 6.07 Å². The van der Waals surface area contributed by atoms with Gasteiger partial charge in [-0.1, -0.05) is 42.2 Å². The molecule has 0 fully saturated rings. The molecule has 21 heavy (non-hydrogen) atoms. The van der Waals surface area contributed by atoms with E-state index in [2.05, 4.69) is 16.8 Å². The molecule has 0 saturated heterocycles. The van der Waals surface area contributed by atoms with Gasteiger partial charge in [0, 0.05) is 17.3 Å². The number of halogens is 2. The number of hydrogen-bond acceptors (Lipinski definition) is 3. The number of rotatable bonds is 4. The zero-order valence-corrected chi connectivity index (χ0v) is 11.2. The van der Waals surface area contributed by atoms with Crippen molar-refractivity contribution in [2.45, 2.75) is 5.92 Å². The SMILES string of the molecule is NCC#Cc1cncc(OCC(F)(F)c2ccccc2)c1. The third kappa shape index (κ3) is 4.26. The molecule has 2 N–H and O–H groups in total. The second-order valence-electron chi connectivity index (χ2n) is 4.27. The highest BCUT2D eigenvalue weighted by atomic mass is 19.3. The van der Waals surface area contributed by atoms with Crippen molar-refractivity contribution in [2.24, 2.45) is 5.73 Å². The van der Waals surface area contributed by atoms with E-state index in [1.165, 1.54) is 24.5 Å². The molecule has 0 aliphatic rings. The molecular formula is C16H14F2N2O. The molecule has 0 aliphatic carbocycles. The van der Waals surface area contributed by atoms with E-state index in [-0.39, 0.29) is 17.9 Å². The van der Waals surface area contributed by atoms with Crippen molar-refractivity contribution >= 4 is 0 Å². The first-order valence-electron chi connectivity index (χ1n) is 6.32. The summed E-state index contributed by atoms with van der Waals surface area (Å²) in [6.07, 6.45) is 2.89. The minimum Gasteiger partial charge on any atom is -0.485 e. The average Bonchev–Trinajstić information content (AvgIpc) is 2.52. The van der Waals surface area contributed by atoms with Gasteiger partial charge in [-0.15, -0.1) is 0 Å². The molecule has 0 bridgehead atoms. The monoisotopic (exact) mass is 288 g/mol. The van der Waals surface area contributed by atoms with Crippen LogP contribution in [0, 0.1) is 11.8 Å². The van der Waals surface area contributed by atoms with Crippen LogP contribution in [0.1, 0.15) is 11.1 Å². The Hall–Kier alpha value is -2.45. The van der Waals surface area contributed by atoms with E-state index in [1.807, 2.05) is 0 Å². The van der Waals surface area contributed by atoms with Crippen LogP contribution in [-0.2, 0) is 5.92 Å². The number of pyridine rings is 1. The quantitative estimate of drug-likeness (QED) is 0.880. The minimum absolute atomic E-state index is 0.0861. The van der Waals surface area contributed by atoms with Crippen molar-refractivity contribution in [3.63, 3.8) is 0 Å². The summed E-state index contributed by atoms with van der Waals surface area (Å²) in [6.45, 7) is -0.538. The maximum absolute atomic E-state index is 14.0. The Morgan fingerprint density at radius 3 is 2.67 bits per heavy atom. The average molecular weight is 288 g/mol. The van der Waals surface area contributed by atoms with E-state index in [0.717, 1.165) is 0 Å². The van der Waals surface area contributed by atoms with Gasteiger partial charge < -0.3 is 10.5 Å². The molecule has 2 rings (SSSR count). The van der Waals surface area contributed by atoms with Crippen LogP contribution in [0.25, 0.3) is 0 Å². The van der Waals surface area contributed by atoms with Crippen LogP contribution in [-0.4, -0.2) is 18.1 Å². The molecule has 0 atom stereocenters. The Morgan fingerprint density at radius 2 is 1.95 bits per heavy atom. The summed E-state index contributed by atoms with van der Waals surface area (Å²) in [5, 5.41) is 0. The number of ether oxygens (including phenoxy) is 1. The van der Waals surface area contributed by atoms with Crippen LogP contribution >= 0.6 is 0 Å². The summed E-state index contributed by atoms with van der Waals surface area (Å²) in [6, 6.07) is 9.10. The molecule has 1 heterocycles. The zero-order valence-electron chi connectivity index (χ0n) is 11.2. The lowest BCUT2D eigenvalue weighted by molar-refractivity contribution is -0.0468. The summed E-state index contributed by atoms with van der Waals surface area (Å²) in [5.41, 5.74) is 5.75. The van der Waals surface area contributed by atoms with Crippen LogP contribution in [0.2, 0.25) is 0 Å². The number of hydrogen-bond donors (Lipinski definition) is 1. The van der Waals surface area contributed by atoms with Gasteiger partial charge in [0.05, 0.1) is 12.7 Å². The molecule has 0 saturated carbocycles. The minimum atomic E-state index is -3.07. The van der Waals surface area contributed by atoms with Crippen molar-refractivity contribution in [3.05, 3.63) is 59.9 Å². The first-order valence-corrected chi connectivity index (χ1v) is 6.32. The maximum atomic E-state index is 14.0. The first-order chi connectivity index (χ1) is 10.1. The van der Waals surface area contributed by atoms with Gasteiger partial charge in [-0.3, -0.25) is 4.98 Å². The van der Waals surface area contributed by atoms with E-state index < -0.39 is 12.5 Å². The van der Waals surface area contributed by atoms with Crippen molar-refractivity contribution in [1.82, 2.24) is 4.98 Å². The molecule has 108 valence electrons. The highest BCUT2D eigenvalue weighted by molar-refractivity contribution is 5.37. The molecular weight excluding hydrogens is 274 g/mol. The summed E-state index contributed by atoms with van der Waals surface area (Å²) >= 11 is 0. The van der Waals surface area contributed by atoms with Crippen molar-refractivity contribution in [2.75, 3.05) is 13.2 Å². The fourth-order valence-electron chi connectivity index (χ4n) is 1.66. The van der Waals surface area contributed by atoms with Crippen LogP contribution in [0.15, 0.2) is 48.8 Å². The summed E-state index contributed by atoms with van der Waals surface area (Å²) < 4.78 is 33.0. The van der Waals surface area contributed by atoms with Crippen molar-refractivity contribution < 1.29 is 13.5 Å². The lowest BCUT2D eigenvalue weighted by Crippen LogP contribution is -2.23. The Morgan fingerprint density at radius 1 is 1.19 bits per heavy atom. The smallest absolute Gasteiger partial charge is 0.306 e. The highest BCUT2D eigenvalue weighted by Gasteiger charge is 2.32. The fourth-order valence-corrected chi connectivity index (χ4v) is 1.66. The lowest BCUT2D eigenvalue weighted by atomic mass is 10.1. The van der Waals surface area contributed by atoms with E-state index in [0.29, 0.717) is 5.56 Å². The predicted octanol–water partition coefficient (Wildman–Crippen LogP) is 2.56. The fraction of sp³-hybridized carbons (Fsp3) is 0.188. The van der Waals surface area contributed by atoms with Crippen LogP contribution in [0.4, 0.5) is 8.78 Å². The molecule has 0 unspecified atom stereocenters. The predicted molar refractivity (Wildman–Crippen MR) is 76.0 cm³/mol. The summed E-state index contributed by atoms with van der Waals surface area (Å²) in [7, 11) is 0. The zero-order chi connectivity index (χ0) is 15.1. The summed E-state index contributed by atoms with van der Waals surface area (Å²) in [4.78, 5) is 3.90. The second-order valence-corrected chi connectivity index (χ2v) is 4.27. The van der Waals surface area contributed by atoms with Crippen molar-refractivity contribution in [1.29, 1.82) is 0 Å². The molecule has 5 heteroatoms. The third-order valence-electron chi connectivity index (χ3n) is 2.66. The number of alkyl halides is 2. The number of aromatic nitrogens is 1.